The third-order valence-electron chi connectivity index (χ3n) is 11.1. The zero-order valence-corrected chi connectivity index (χ0v) is 28.5. The van der Waals surface area contributed by atoms with Crippen molar-refractivity contribution in [3.63, 3.8) is 0 Å². The highest BCUT2D eigenvalue weighted by atomic mass is 14.3. The normalized spacial score (nSPS) is 11.8. The van der Waals surface area contributed by atoms with E-state index in [4.69, 9.17) is 0 Å². The van der Waals surface area contributed by atoms with Gasteiger partial charge in [-0.25, -0.2) is 0 Å². The first-order chi connectivity index (χ1) is 25.8. The monoisotopic (exact) mass is 656 g/mol. The van der Waals surface area contributed by atoms with E-state index in [1.807, 2.05) is 0 Å². The predicted molar refractivity (Wildman–Crippen MR) is 224 cm³/mol. The topological polar surface area (TPSA) is 0 Å². The van der Waals surface area contributed by atoms with E-state index >= 15 is 0 Å². The molecule has 0 nitrogen and oxygen atoms in total. The lowest BCUT2D eigenvalue weighted by atomic mass is 9.78. The van der Waals surface area contributed by atoms with Crippen LogP contribution in [0.25, 0.3) is 109 Å². The van der Waals surface area contributed by atoms with E-state index in [0.29, 0.717) is 0 Å². The molecule has 0 unspecified atom stereocenters. The van der Waals surface area contributed by atoms with Gasteiger partial charge in [0, 0.05) is 0 Å². The fourth-order valence-corrected chi connectivity index (χ4v) is 8.99. The molecule has 0 saturated heterocycles. The zero-order chi connectivity index (χ0) is 34.2. The Kier molecular flexibility index (Phi) is 6.35. The molecular formula is C52H32. The van der Waals surface area contributed by atoms with Crippen molar-refractivity contribution >= 4 is 64.6 Å². The molecule has 0 bridgehead atoms. The summed E-state index contributed by atoms with van der Waals surface area (Å²) >= 11 is 0. The molecule has 11 aromatic rings. The highest BCUT2D eigenvalue weighted by molar-refractivity contribution is 6.45. The van der Waals surface area contributed by atoms with Crippen LogP contribution in [0.1, 0.15) is 0 Å². The molecule has 0 saturated carbocycles. The minimum atomic E-state index is 1.22. The average molecular weight is 657 g/mol. The van der Waals surface area contributed by atoms with Gasteiger partial charge in [0.05, 0.1) is 0 Å². The van der Waals surface area contributed by atoms with Gasteiger partial charge in [-0.2, -0.15) is 0 Å². The number of hydrogen-bond acceptors (Lipinski definition) is 0. The summed E-state index contributed by atoms with van der Waals surface area (Å²) in [5, 5.41) is 15.6. The first kappa shape index (κ1) is 29.0. The minimum absolute atomic E-state index is 1.22. The molecule has 0 aromatic heterocycles. The largest absolute Gasteiger partial charge is 0.0622 e. The Hall–Kier alpha value is -6.76. The first-order valence-corrected chi connectivity index (χ1v) is 18.1. The van der Waals surface area contributed by atoms with Gasteiger partial charge in [-0.15, -0.1) is 0 Å². The van der Waals surface area contributed by atoms with Crippen molar-refractivity contribution < 1.29 is 0 Å². The SMILES string of the molecule is c1ccc(-c2cc3c(-c4ccccc4)c4ccccc4c4c5cc(-c6ccccc6)cc6c(-c7ccccc7)c7ccccc7c(c(c2)c34)c65)cc1. The van der Waals surface area contributed by atoms with Gasteiger partial charge < -0.3 is 0 Å². The van der Waals surface area contributed by atoms with Gasteiger partial charge in [0.25, 0.3) is 0 Å². The van der Waals surface area contributed by atoms with E-state index in [1.54, 1.807) is 0 Å². The molecule has 240 valence electrons. The van der Waals surface area contributed by atoms with Crippen LogP contribution < -0.4 is 0 Å². The molecule has 0 aliphatic rings. The van der Waals surface area contributed by atoms with Crippen LogP contribution in [-0.2, 0) is 0 Å². The molecule has 0 atom stereocenters. The summed E-state index contributed by atoms with van der Waals surface area (Å²) in [5.74, 6) is 0. The predicted octanol–water partition coefficient (Wildman–Crippen LogP) is 14.7. The molecule has 0 aliphatic carbocycles. The second-order valence-corrected chi connectivity index (χ2v) is 13.9. The van der Waals surface area contributed by atoms with Gasteiger partial charge in [-0.05, 0) is 133 Å². The molecule has 52 heavy (non-hydrogen) atoms. The van der Waals surface area contributed by atoms with Crippen LogP contribution in [0.15, 0.2) is 194 Å². The van der Waals surface area contributed by atoms with E-state index in [2.05, 4.69) is 194 Å². The third kappa shape index (κ3) is 4.22. The van der Waals surface area contributed by atoms with Gasteiger partial charge >= 0.3 is 0 Å². The maximum atomic E-state index is 2.47. The van der Waals surface area contributed by atoms with Crippen LogP contribution in [-0.4, -0.2) is 0 Å². The Morgan fingerprint density at radius 3 is 0.808 bits per heavy atom. The van der Waals surface area contributed by atoms with E-state index in [1.165, 1.54) is 109 Å². The molecule has 11 rings (SSSR count). The van der Waals surface area contributed by atoms with Crippen LogP contribution in [0.5, 0.6) is 0 Å². The second kappa shape index (κ2) is 11.4. The maximum absolute atomic E-state index is 2.47. The summed E-state index contributed by atoms with van der Waals surface area (Å²) in [5.41, 5.74) is 9.96. The Bertz CT molecular complexity index is 2910. The summed E-state index contributed by atoms with van der Waals surface area (Å²) in [4.78, 5) is 0. The molecule has 0 amide bonds. The average Bonchev–Trinajstić information content (AvgIpc) is 3.22. The van der Waals surface area contributed by atoms with Crippen molar-refractivity contribution in [3.8, 4) is 44.5 Å². The van der Waals surface area contributed by atoms with Crippen LogP contribution in [0, 0.1) is 0 Å². The number of hydrogen-bond donors (Lipinski definition) is 0. The van der Waals surface area contributed by atoms with Crippen LogP contribution >= 0.6 is 0 Å². The highest BCUT2D eigenvalue weighted by Crippen LogP contribution is 2.53. The Labute approximate surface area is 302 Å². The molecule has 0 radical (unpaired) electrons. The van der Waals surface area contributed by atoms with Gasteiger partial charge in [0.1, 0.15) is 0 Å². The van der Waals surface area contributed by atoms with Crippen LogP contribution in [0.2, 0.25) is 0 Å². The molecule has 0 heterocycles. The molecular weight excluding hydrogens is 625 g/mol. The first-order valence-electron chi connectivity index (χ1n) is 18.1. The number of benzene rings is 11. The highest BCUT2D eigenvalue weighted by Gasteiger charge is 2.25. The van der Waals surface area contributed by atoms with E-state index in [-0.39, 0.29) is 0 Å². The maximum Gasteiger partial charge on any atom is -0.00130 e. The second-order valence-electron chi connectivity index (χ2n) is 13.9. The molecule has 11 aromatic carbocycles. The Balaban J connectivity index is 1.49. The standard InChI is InChI=1S/C52H32/c1-5-17-33(18-6-1)37-29-43-47(35-21-9-3-10-22-35)39-25-13-16-28-42(39)50-46-32-38(34-19-7-2-8-20-34)30-44-48(36-23-11-4-12-24-36)40-26-14-15-27-41(40)49(52(44)46)45(31-37)51(43)50/h1-32H. The van der Waals surface area contributed by atoms with E-state index < -0.39 is 0 Å². The van der Waals surface area contributed by atoms with Crippen molar-refractivity contribution in [2.45, 2.75) is 0 Å². The molecule has 0 spiro atoms. The van der Waals surface area contributed by atoms with E-state index in [9.17, 15) is 0 Å². The van der Waals surface area contributed by atoms with Crippen molar-refractivity contribution in [3.05, 3.63) is 194 Å². The van der Waals surface area contributed by atoms with Gasteiger partial charge in [-0.1, -0.05) is 170 Å². The summed E-state index contributed by atoms with van der Waals surface area (Å²) in [6.45, 7) is 0. The number of rotatable bonds is 4. The van der Waals surface area contributed by atoms with Crippen LogP contribution in [0.3, 0.4) is 0 Å². The lowest BCUT2D eigenvalue weighted by Gasteiger charge is -2.24. The molecule has 0 aliphatic heterocycles. The smallest absolute Gasteiger partial charge is 0.00130 e. The van der Waals surface area contributed by atoms with Gasteiger partial charge in [0.2, 0.25) is 0 Å². The van der Waals surface area contributed by atoms with Gasteiger partial charge in [-0.3, -0.25) is 0 Å². The molecule has 0 N–H and O–H groups in total. The number of fused-ring (bicyclic) bond motifs is 6. The molecule has 0 fully saturated rings. The minimum Gasteiger partial charge on any atom is -0.0622 e. The summed E-state index contributed by atoms with van der Waals surface area (Å²) < 4.78 is 0. The zero-order valence-electron chi connectivity index (χ0n) is 28.5. The Morgan fingerprint density at radius 1 is 0.173 bits per heavy atom. The van der Waals surface area contributed by atoms with Crippen molar-refractivity contribution in [1.82, 2.24) is 0 Å². The fourth-order valence-electron chi connectivity index (χ4n) is 8.99. The van der Waals surface area contributed by atoms with Crippen molar-refractivity contribution in [2.24, 2.45) is 0 Å². The van der Waals surface area contributed by atoms with Crippen molar-refractivity contribution in [2.75, 3.05) is 0 Å². The van der Waals surface area contributed by atoms with E-state index in [0.717, 1.165) is 0 Å². The molecule has 0 heteroatoms. The fraction of sp³-hybridized carbons (Fsp3) is 0. The van der Waals surface area contributed by atoms with Crippen LogP contribution in [0.4, 0.5) is 0 Å². The summed E-state index contributed by atoms with van der Waals surface area (Å²) in [7, 11) is 0. The van der Waals surface area contributed by atoms with Crippen molar-refractivity contribution in [1.29, 1.82) is 0 Å². The lowest BCUT2D eigenvalue weighted by Crippen LogP contribution is -1.96. The Morgan fingerprint density at radius 2 is 0.442 bits per heavy atom. The summed E-state index contributed by atoms with van der Waals surface area (Å²) in [6, 6.07) is 71.8. The lowest BCUT2D eigenvalue weighted by molar-refractivity contribution is 1.65. The third-order valence-corrected chi connectivity index (χ3v) is 11.1. The summed E-state index contributed by atoms with van der Waals surface area (Å²) in [6.07, 6.45) is 0. The quantitative estimate of drug-likeness (QED) is 0.131. The van der Waals surface area contributed by atoms with Gasteiger partial charge in [0.15, 0.2) is 0 Å².